The first kappa shape index (κ1) is 16.4. The summed E-state index contributed by atoms with van der Waals surface area (Å²) >= 11 is 5.91. The molecule has 0 aliphatic carbocycles. The van der Waals surface area contributed by atoms with Crippen LogP contribution in [0.1, 0.15) is 49.9 Å². The van der Waals surface area contributed by atoms with Crippen molar-refractivity contribution in [1.29, 1.82) is 0 Å². The van der Waals surface area contributed by atoms with E-state index in [1.807, 2.05) is 13.8 Å². The van der Waals surface area contributed by atoms with E-state index < -0.39 is 17.9 Å². The molecular formula is C13H18ClN3O3. The predicted molar refractivity (Wildman–Crippen MR) is 74.9 cm³/mol. The van der Waals surface area contributed by atoms with Crippen LogP contribution in [0.25, 0.3) is 0 Å². The summed E-state index contributed by atoms with van der Waals surface area (Å²) in [6.45, 7) is 7.19. The van der Waals surface area contributed by atoms with Gasteiger partial charge in [0.1, 0.15) is 17.6 Å². The van der Waals surface area contributed by atoms with Gasteiger partial charge in [-0.3, -0.25) is 4.79 Å². The van der Waals surface area contributed by atoms with Crippen molar-refractivity contribution in [2.45, 2.75) is 39.7 Å². The maximum Gasteiger partial charge on any atom is 0.326 e. The van der Waals surface area contributed by atoms with Crippen LogP contribution in [0, 0.1) is 5.92 Å². The summed E-state index contributed by atoms with van der Waals surface area (Å²) in [6, 6.07) is -0.990. The number of hydrogen-bond acceptors (Lipinski definition) is 4. The van der Waals surface area contributed by atoms with Gasteiger partial charge in [-0.1, -0.05) is 39.3 Å². The molecule has 1 aromatic rings. The maximum atomic E-state index is 12.1. The summed E-state index contributed by atoms with van der Waals surface area (Å²) in [7, 11) is 0. The first-order valence-electron chi connectivity index (χ1n) is 6.30. The topological polar surface area (TPSA) is 92.2 Å². The minimum absolute atomic E-state index is 0.00253. The Morgan fingerprint density at radius 1 is 1.30 bits per heavy atom. The van der Waals surface area contributed by atoms with E-state index in [9.17, 15) is 9.59 Å². The van der Waals surface area contributed by atoms with E-state index in [2.05, 4.69) is 15.3 Å². The van der Waals surface area contributed by atoms with Crippen LogP contribution in [0.2, 0.25) is 5.02 Å². The normalized spacial score (nSPS) is 12.6. The van der Waals surface area contributed by atoms with Crippen molar-refractivity contribution in [2.24, 2.45) is 5.92 Å². The Morgan fingerprint density at radius 3 is 2.35 bits per heavy atom. The number of nitrogens with one attached hydrogen (secondary N) is 1. The molecule has 7 heteroatoms. The fourth-order valence-corrected chi connectivity index (χ4v) is 1.72. The molecule has 110 valence electrons. The molecule has 0 radical (unpaired) electrons. The van der Waals surface area contributed by atoms with E-state index in [1.165, 1.54) is 6.20 Å². The van der Waals surface area contributed by atoms with Gasteiger partial charge in [-0.05, 0) is 5.92 Å². The highest BCUT2D eigenvalue weighted by Gasteiger charge is 2.26. The molecule has 1 rings (SSSR count). The molecular weight excluding hydrogens is 282 g/mol. The molecule has 20 heavy (non-hydrogen) atoms. The summed E-state index contributed by atoms with van der Waals surface area (Å²) in [4.78, 5) is 31.3. The Balaban J connectivity index is 3.02. The largest absolute Gasteiger partial charge is 0.480 e. The smallest absolute Gasteiger partial charge is 0.326 e. The molecule has 1 unspecified atom stereocenters. The van der Waals surface area contributed by atoms with Gasteiger partial charge in [-0.25, -0.2) is 14.8 Å². The van der Waals surface area contributed by atoms with Gasteiger partial charge < -0.3 is 10.4 Å². The number of carboxylic acid groups (broad SMARTS) is 1. The summed E-state index contributed by atoms with van der Waals surface area (Å²) in [5.74, 6) is -1.43. The van der Waals surface area contributed by atoms with Crippen molar-refractivity contribution in [3.05, 3.63) is 22.7 Å². The molecule has 1 heterocycles. The zero-order valence-corrected chi connectivity index (χ0v) is 12.6. The molecule has 0 fully saturated rings. The van der Waals surface area contributed by atoms with Gasteiger partial charge in [0.25, 0.3) is 5.91 Å². The van der Waals surface area contributed by atoms with Crippen molar-refractivity contribution >= 4 is 23.5 Å². The molecule has 2 N–H and O–H groups in total. The second kappa shape index (κ2) is 6.65. The minimum Gasteiger partial charge on any atom is -0.480 e. The first-order valence-corrected chi connectivity index (χ1v) is 6.68. The Morgan fingerprint density at radius 2 is 1.90 bits per heavy atom. The molecule has 6 nitrogen and oxygen atoms in total. The standard InChI is InChI=1S/C13H18ClN3O3/c1-6(2)9(13(19)20)17-12(18)10-8(14)5-15-11(16-10)7(3)4/h5-7,9H,1-4H3,(H,17,18)(H,19,20). The summed E-state index contributed by atoms with van der Waals surface area (Å²) in [5, 5.41) is 11.6. The second-order valence-electron chi connectivity index (χ2n) is 5.11. The molecule has 0 saturated carbocycles. The Labute approximate surface area is 122 Å². The molecule has 0 spiro atoms. The highest BCUT2D eigenvalue weighted by atomic mass is 35.5. The second-order valence-corrected chi connectivity index (χ2v) is 5.52. The van der Waals surface area contributed by atoms with Gasteiger partial charge in [0.15, 0.2) is 0 Å². The fourth-order valence-electron chi connectivity index (χ4n) is 1.54. The van der Waals surface area contributed by atoms with Crippen LogP contribution in [0.15, 0.2) is 6.20 Å². The highest BCUT2D eigenvalue weighted by Crippen LogP contribution is 2.16. The fraction of sp³-hybridized carbons (Fsp3) is 0.538. The molecule has 0 aliphatic heterocycles. The van der Waals surface area contributed by atoms with E-state index in [1.54, 1.807) is 13.8 Å². The van der Waals surface area contributed by atoms with Crippen LogP contribution in [-0.4, -0.2) is 33.0 Å². The maximum absolute atomic E-state index is 12.1. The van der Waals surface area contributed by atoms with Gasteiger partial charge in [-0.15, -0.1) is 0 Å². The number of carbonyl (C=O) groups is 2. The summed E-state index contributed by atoms with van der Waals surface area (Å²) in [6.07, 6.45) is 1.35. The van der Waals surface area contributed by atoms with E-state index >= 15 is 0 Å². The first-order chi connectivity index (χ1) is 9.23. The third kappa shape index (κ3) is 3.90. The number of halogens is 1. The lowest BCUT2D eigenvalue weighted by Gasteiger charge is -2.18. The number of aromatic nitrogens is 2. The number of nitrogens with zero attached hydrogens (tertiary/aromatic N) is 2. The van der Waals surface area contributed by atoms with E-state index in [-0.39, 0.29) is 22.6 Å². The third-order valence-corrected chi connectivity index (χ3v) is 2.99. The van der Waals surface area contributed by atoms with Crippen molar-refractivity contribution in [1.82, 2.24) is 15.3 Å². The van der Waals surface area contributed by atoms with Gasteiger partial charge in [0.05, 0.1) is 11.2 Å². The molecule has 0 aliphatic rings. The van der Waals surface area contributed by atoms with Crippen molar-refractivity contribution in [3.63, 3.8) is 0 Å². The predicted octanol–water partition coefficient (Wildman–Crippen LogP) is 2.09. The average molecular weight is 300 g/mol. The number of rotatable bonds is 5. The number of amides is 1. The van der Waals surface area contributed by atoms with E-state index in [4.69, 9.17) is 16.7 Å². The van der Waals surface area contributed by atoms with Crippen LogP contribution in [0.3, 0.4) is 0 Å². The van der Waals surface area contributed by atoms with Crippen molar-refractivity contribution in [3.8, 4) is 0 Å². The lowest BCUT2D eigenvalue weighted by Crippen LogP contribution is -2.44. The van der Waals surface area contributed by atoms with Gasteiger partial charge in [-0.2, -0.15) is 0 Å². The van der Waals surface area contributed by atoms with Gasteiger partial charge in [0, 0.05) is 5.92 Å². The van der Waals surface area contributed by atoms with Crippen LogP contribution >= 0.6 is 11.6 Å². The van der Waals surface area contributed by atoms with Crippen LogP contribution < -0.4 is 5.32 Å². The van der Waals surface area contributed by atoms with Gasteiger partial charge in [0.2, 0.25) is 0 Å². The average Bonchev–Trinajstić information content (AvgIpc) is 2.34. The van der Waals surface area contributed by atoms with Crippen LogP contribution in [0.5, 0.6) is 0 Å². The highest BCUT2D eigenvalue weighted by molar-refractivity contribution is 6.33. The summed E-state index contributed by atoms with van der Waals surface area (Å²) in [5.41, 5.74) is -0.00253. The van der Waals surface area contributed by atoms with Crippen LogP contribution in [0.4, 0.5) is 0 Å². The number of aliphatic carboxylic acids is 1. The van der Waals surface area contributed by atoms with Crippen molar-refractivity contribution in [2.75, 3.05) is 0 Å². The lowest BCUT2D eigenvalue weighted by molar-refractivity contribution is -0.140. The van der Waals surface area contributed by atoms with Crippen molar-refractivity contribution < 1.29 is 14.7 Å². The molecule has 0 saturated heterocycles. The Bertz CT molecular complexity index is 518. The number of carbonyl (C=O) groups excluding carboxylic acids is 1. The number of hydrogen-bond donors (Lipinski definition) is 2. The molecule has 1 amide bonds. The zero-order valence-electron chi connectivity index (χ0n) is 11.8. The minimum atomic E-state index is -1.09. The van der Waals surface area contributed by atoms with Crippen LogP contribution in [-0.2, 0) is 4.79 Å². The number of carboxylic acids is 1. The third-order valence-electron chi connectivity index (χ3n) is 2.71. The molecule has 1 aromatic heterocycles. The van der Waals surface area contributed by atoms with Gasteiger partial charge >= 0.3 is 5.97 Å². The quantitative estimate of drug-likeness (QED) is 0.868. The monoisotopic (exact) mass is 299 g/mol. The zero-order chi connectivity index (χ0) is 15.4. The van der Waals surface area contributed by atoms with E-state index in [0.29, 0.717) is 5.82 Å². The molecule has 0 bridgehead atoms. The molecule has 0 aromatic carbocycles. The Hall–Kier alpha value is -1.69. The van der Waals surface area contributed by atoms with E-state index in [0.717, 1.165) is 0 Å². The SMILES string of the molecule is CC(C)c1ncc(Cl)c(C(=O)NC(C(=O)O)C(C)C)n1. The molecule has 1 atom stereocenters. The summed E-state index contributed by atoms with van der Waals surface area (Å²) < 4.78 is 0. The Kier molecular flexibility index (Phi) is 5.44. The lowest BCUT2D eigenvalue weighted by atomic mass is 10.0.